The van der Waals surface area contributed by atoms with Gasteiger partial charge in [-0.05, 0) is 48.2 Å². The number of hydrogen-bond donors (Lipinski definition) is 1. The number of piperazine rings is 2. The van der Waals surface area contributed by atoms with Gasteiger partial charge in [0, 0.05) is 84.5 Å². The SMILES string of the molecule is O=[N+]([O-])c1cc(Br)ccc1F.O=[N+]([O-])c1cc(Br)ccc1N1CC2CC1CN2Cc1ccccc1.[2H]Br.c1ccc(CN2CC3CC2CN3)cc1. The number of nitrogens with one attached hydrogen (secondary N) is 1. The Balaban J connectivity index is 0.000000158. The Morgan fingerprint density at radius 1 is 0.740 bits per heavy atom. The predicted molar refractivity (Wildman–Crippen MR) is 205 cm³/mol. The van der Waals surface area contributed by atoms with Gasteiger partial charge in [-0.25, -0.2) is 0 Å². The molecule has 0 aliphatic carbocycles. The number of fused-ring (bicyclic) bond motifs is 4. The van der Waals surface area contributed by atoms with Gasteiger partial charge in [0.1, 0.15) is 6.65 Å². The van der Waals surface area contributed by atoms with Crippen LogP contribution < -0.4 is 10.2 Å². The monoisotopic (exact) mass is 875 g/mol. The molecule has 0 aromatic heterocycles. The molecule has 14 heteroatoms. The summed E-state index contributed by atoms with van der Waals surface area (Å²) >= 11 is 8.51. The van der Waals surface area contributed by atoms with Gasteiger partial charge in [-0.1, -0.05) is 92.5 Å². The zero-order valence-corrected chi connectivity index (χ0v) is 31.8. The first-order valence-electron chi connectivity index (χ1n) is 16.6. The topological polar surface area (TPSA) is 108 Å². The van der Waals surface area contributed by atoms with Crippen LogP contribution in [0.5, 0.6) is 0 Å². The van der Waals surface area contributed by atoms with Crippen LogP contribution in [0.25, 0.3) is 0 Å². The number of hydrogen-bond acceptors (Lipinski definition) is 8. The minimum absolute atomic E-state index is 0.187. The van der Waals surface area contributed by atoms with E-state index in [0.717, 1.165) is 67.0 Å². The van der Waals surface area contributed by atoms with E-state index in [2.05, 4.69) is 123 Å². The Kier molecular flexibility index (Phi) is 12.6. The van der Waals surface area contributed by atoms with Gasteiger partial charge < -0.3 is 10.2 Å². The Bertz CT molecular complexity index is 1780. The normalized spacial score (nSPS) is 22.0. The zero-order chi connectivity index (χ0) is 36.5. The maximum Gasteiger partial charge on any atom is 0.305 e. The van der Waals surface area contributed by atoms with Crippen LogP contribution in [0.4, 0.5) is 21.5 Å². The summed E-state index contributed by atoms with van der Waals surface area (Å²) < 4.78 is 19.4. The number of anilines is 1. The molecule has 4 aliphatic rings. The third-order valence-corrected chi connectivity index (χ3v) is 10.5. The quantitative estimate of drug-likeness (QED) is 0.147. The minimum atomic E-state index is -0.821. The molecule has 1 N–H and O–H groups in total. The second kappa shape index (κ2) is 17.3. The van der Waals surface area contributed by atoms with E-state index >= 15 is 0 Å². The minimum Gasteiger partial charge on any atom is -0.360 e. The van der Waals surface area contributed by atoms with Gasteiger partial charge in [0.15, 0.2) is 0 Å². The summed E-state index contributed by atoms with van der Waals surface area (Å²) in [7, 11) is 0. The van der Waals surface area contributed by atoms with E-state index in [1.807, 2.05) is 18.2 Å². The van der Waals surface area contributed by atoms with Crippen LogP contribution in [0.3, 0.4) is 0 Å². The fraction of sp³-hybridized carbons (Fsp3) is 0.333. The fourth-order valence-corrected chi connectivity index (χ4v) is 7.92. The maximum absolute atomic E-state index is 12.6. The molecule has 4 bridgehead atoms. The van der Waals surface area contributed by atoms with Crippen LogP contribution in [-0.2, 0) is 13.1 Å². The van der Waals surface area contributed by atoms with Crippen molar-refractivity contribution in [3.05, 3.63) is 143 Å². The second-order valence-corrected chi connectivity index (χ2v) is 14.6. The van der Waals surface area contributed by atoms with Crippen molar-refractivity contribution < 1.29 is 14.2 Å². The Morgan fingerprint density at radius 2 is 1.30 bits per heavy atom. The van der Waals surface area contributed by atoms with E-state index in [9.17, 15) is 24.6 Å². The molecule has 264 valence electrons. The van der Waals surface area contributed by atoms with E-state index in [0.29, 0.717) is 16.6 Å². The van der Waals surface area contributed by atoms with E-state index < -0.39 is 16.4 Å². The molecule has 0 spiro atoms. The molecule has 4 fully saturated rings. The first-order chi connectivity index (χ1) is 24.6. The van der Waals surface area contributed by atoms with Gasteiger partial charge >= 0.3 is 5.69 Å². The van der Waals surface area contributed by atoms with E-state index in [4.69, 9.17) is 0.958 Å². The average Bonchev–Trinajstić information content (AvgIpc) is 3.95. The number of nitro benzene ring substituents is 2. The van der Waals surface area contributed by atoms with Crippen LogP contribution in [0.1, 0.15) is 24.0 Å². The molecule has 10 nitrogen and oxygen atoms in total. The van der Waals surface area contributed by atoms with Crippen molar-refractivity contribution in [1.29, 1.82) is 0.958 Å². The van der Waals surface area contributed by atoms with Gasteiger partial charge in [-0.2, -0.15) is 4.39 Å². The molecule has 4 aromatic carbocycles. The predicted octanol–water partition coefficient (Wildman–Crippen LogP) is 8.13. The highest BCUT2D eigenvalue weighted by Crippen LogP contribution is 2.40. The van der Waals surface area contributed by atoms with Gasteiger partial charge in [0.2, 0.25) is 5.82 Å². The third-order valence-electron chi connectivity index (χ3n) is 9.53. The van der Waals surface area contributed by atoms with Crippen LogP contribution >= 0.6 is 48.7 Å². The van der Waals surface area contributed by atoms with Crippen molar-refractivity contribution in [3.8, 4) is 0 Å². The number of benzene rings is 4. The molecule has 50 heavy (non-hydrogen) atoms. The molecule has 4 saturated heterocycles. The Morgan fingerprint density at radius 3 is 1.78 bits per heavy atom. The third kappa shape index (κ3) is 9.33. The van der Waals surface area contributed by atoms with Crippen molar-refractivity contribution in [3.63, 3.8) is 0 Å². The first-order valence-corrected chi connectivity index (χ1v) is 17.8. The zero-order valence-electron chi connectivity index (χ0n) is 28.1. The van der Waals surface area contributed by atoms with Crippen LogP contribution in [0.15, 0.2) is 106 Å². The van der Waals surface area contributed by atoms with Gasteiger partial charge in [-0.15, -0.1) is 16.8 Å². The standard InChI is InChI=1S/C18H18BrN3O2.C12H16N2.C6H3BrFNO2.BrH/c19-14-6-7-17(18(8-14)22(23)24)21-12-15-9-16(21)11-20(15)10-13-4-2-1-3-5-13;1-2-4-10(5-3-1)8-14-9-11-6-12(14)7-13-11;7-4-1-2-5(8)6(3-4)9(10)11;/h1-8,15-16H,9-12H2;1-5,11-13H,6-9H2;1-3H;1H/i/hD. The molecule has 8 rings (SSSR count). The summed E-state index contributed by atoms with van der Waals surface area (Å²) in [5, 5.41) is 25.0. The number of halogens is 4. The van der Waals surface area contributed by atoms with Crippen LogP contribution in [0, 0.1) is 26.0 Å². The molecular weight excluding hydrogens is 839 g/mol. The number of nitro groups is 2. The van der Waals surface area contributed by atoms with Gasteiger partial charge in [0.25, 0.3) is 5.69 Å². The number of rotatable bonds is 7. The number of nitrogens with zero attached hydrogens (tertiary/aromatic N) is 5. The largest absolute Gasteiger partial charge is 0.360 e. The highest BCUT2D eigenvalue weighted by molar-refractivity contribution is 9.10. The first kappa shape index (κ1) is 36.5. The average molecular weight is 878 g/mol. The summed E-state index contributed by atoms with van der Waals surface area (Å²) in [5.41, 5.74) is 3.19. The van der Waals surface area contributed by atoms with Crippen LogP contribution in [0.2, 0.25) is 0 Å². The summed E-state index contributed by atoms with van der Waals surface area (Å²) in [6.45, 7) is 6.34. The second-order valence-electron chi connectivity index (χ2n) is 12.8. The lowest BCUT2D eigenvalue weighted by Gasteiger charge is -2.35. The lowest BCUT2D eigenvalue weighted by molar-refractivity contribution is -0.387. The van der Waals surface area contributed by atoms with Crippen LogP contribution in [-0.4, -0.2) is 71.0 Å². The molecule has 4 atom stereocenters. The molecule has 4 unspecified atom stereocenters. The van der Waals surface area contributed by atoms with Crippen molar-refractivity contribution in [2.24, 2.45) is 0 Å². The maximum atomic E-state index is 12.6. The number of likely N-dealkylation sites (tertiary alicyclic amines) is 2. The van der Waals surface area contributed by atoms with E-state index in [-0.39, 0.29) is 10.6 Å². The molecule has 0 amide bonds. The van der Waals surface area contributed by atoms with Crippen molar-refractivity contribution in [2.45, 2.75) is 50.1 Å². The van der Waals surface area contributed by atoms with Crippen molar-refractivity contribution in [2.75, 3.05) is 31.1 Å². The Hall–Kier alpha value is -3.27. The van der Waals surface area contributed by atoms with E-state index in [1.54, 1.807) is 6.07 Å². The molecule has 4 heterocycles. The molecule has 0 radical (unpaired) electrons. The highest BCUT2D eigenvalue weighted by atomic mass is 79.9. The Labute approximate surface area is 318 Å². The molecule has 0 saturated carbocycles. The van der Waals surface area contributed by atoms with E-state index in [1.165, 1.54) is 36.7 Å². The van der Waals surface area contributed by atoms with Gasteiger partial charge in [0.05, 0.1) is 9.85 Å². The molecule has 4 aromatic rings. The lowest BCUT2D eigenvalue weighted by atomic mass is 10.2. The lowest BCUT2D eigenvalue weighted by Crippen LogP contribution is -2.46. The fourth-order valence-electron chi connectivity index (χ4n) is 7.23. The summed E-state index contributed by atoms with van der Waals surface area (Å²) in [6, 6.07) is 32.6. The molecule has 4 aliphatic heterocycles. The van der Waals surface area contributed by atoms with Gasteiger partial charge in [-0.3, -0.25) is 30.0 Å². The van der Waals surface area contributed by atoms with Crippen molar-refractivity contribution >= 4 is 65.8 Å². The molecular formula is C36H38Br3FN6O4. The summed E-state index contributed by atoms with van der Waals surface area (Å²) in [5.74, 6) is -0.821. The highest BCUT2D eigenvalue weighted by Gasteiger charge is 2.44. The smallest absolute Gasteiger partial charge is 0.305 e. The van der Waals surface area contributed by atoms with Crippen molar-refractivity contribution in [1.82, 2.24) is 15.1 Å². The summed E-state index contributed by atoms with van der Waals surface area (Å²) in [6.07, 6.45) is 2.44. The summed E-state index contributed by atoms with van der Waals surface area (Å²) in [4.78, 5) is 27.8.